The van der Waals surface area contributed by atoms with Gasteiger partial charge in [-0.25, -0.2) is 9.97 Å². The molecule has 0 unspecified atom stereocenters. The molecule has 1 amide bonds. The highest BCUT2D eigenvalue weighted by atomic mass is 16.2. The van der Waals surface area contributed by atoms with Gasteiger partial charge in [0.25, 0.3) is 5.91 Å². The topological polar surface area (TPSA) is 52.6 Å². The first-order chi connectivity index (χ1) is 13.0. The van der Waals surface area contributed by atoms with Crippen molar-refractivity contribution in [1.29, 1.82) is 0 Å². The number of rotatable bonds is 5. The lowest BCUT2D eigenvalue weighted by molar-refractivity contribution is 0.0740. The second kappa shape index (κ2) is 8.37. The van der Waals surface area contributed by atoms with E-state index in [1.54, 1.807) is 0 Å². The molecule has 6 nitrogen and oxygen atoms in total. The Morgan fingerprint density at radius 1 is 1.04 bits per heavy atom. The molecule has 0 atom stereocenters. The van der Waals surface area contributed by atoms with E-state index in [1.165, 1.54) is 11.3 Å². The van der Waals surface area contributed by atoms with Crippen LogP contribution in [0, 0.1) is 13.8 Å². The summed E-state index contributed by atoms with van der Waals surface area (Å²) in [4.78, 5) is 28.3. The van der Waals surface area contributed by atoms with Crippen LogP contribution in [0.2, 0.25) is 0 Å². The quantitative estimate of drug-likeness (QED) is 0.813. The Kier molecular flexibility index (Phi) is 5.94. The van der Waals surface area contributed by atoms with E-state index in [2.05, 4.69) is 64.8 Å². The van der Waals surface area contributed by atoms with Crippen molar-refractivity contribution in [2.45, 2.75) is 27.7 Å². The molecule has 1 aromatic heterocycles. The molecule has 0 spiro atoms. The van der Waals surface area contributed by atoms with Crippen molar-refractivity contribution >= 4 is 17.4 Å². The smallest absolute Gasteiger partial charge is 0.272 e. The lowest BCUT2D eigenvalue weighted by atomic mass is 10.2. The minimum atomic E-state index is -0.00204. The van der Waals surface area contributed by atoms with Crippen LogP contribution in [0.25, 0.3) is 0 Å². The SMILES string of the molecule is CCN(CC)c1cc(C(=O)N2CCN(c3cccc(C)c3)CC2)nc(C)n1. The number of hydrogen-bond donors (Lipinski definition) is 0. The summed E-state index contributed by atoms with van der Waals surface area (Å²) in [5, 5.41) is 0. The second-order valence-electron chi connectivity index (χ2n) is 6.95. The minimum Gasteiger partial charge on any atom is -0.368 e. The van der Waals surface area contributed by atoms with Gasteiger partial charge >= 0.3 is 0 Å². The summed E-state index contributed by atoms with van der Waals surface area (Å²) in [7, 11) is 0. The van der Waals surface area contributed by atoms with Gasteiger partial charge in [0.15, 0.2) is 0 Å². The predicted molar refractivity (Wildman–Crippen MR) is 110 cm³/mol. The molecule has 0 bridgehead atoms. The Bertz CT molecular complexity index is 795. The van der Waals surface area contributed by atoms with Crippen molar-refractivity contribution in [2.24, 2.45) is 0 Å². The van der Waals surface area contributed by atoms with Gasteiger partial charge in [-0.05, 0) is 45.4 Å². The highest BCUT2D eigenvalue weighted by Gasteiger charge is 2.24. The molecule has 0 saturated carbocycles. The fraction of sp³-hybridized carbons (Fsp3) is 0.476. The molecule has 6 heteroatoms. The molecule has 1 saturated heterocycles. The second-order valence-corrected chi connectivity index (χ2v) is 6.95. The van der Waals surface area contributed by atoms with Crippen LogP contribution in [-0.2, 0) is 0 Å². The van der Waals surface area contributed by atoms with Gasteiger partial charge in [-0.3, -0.25) is 4.79 Å². The Balaban J connectivity index is 1.70. The average molecular weight is 367 g/mol. The van der Waals surface area contributed by atoms with Crippen LogP contribution >= 0.6 is 0 Å². The van der Waals surface area contributed by atoms with Crippen LogP contribution in [0.1, 0.15) is 35.7 Å². The summed E-state index contributed by atoms with van der Waals surface area (Å²) >= 11 is 0. The number of piperazine rings is 1. The van der Waals surface area contributed by atoms with Gasteiger partial charge in [0.2, 0.25) is 0 Å². The van der Waals surface area contributed by atoms with Gasteiger partial charge < -0.3 is 14.7 Å². The van der Waals surface area contributed by atoms with E-state index in [-0.39, 0.29) is 5.91 Å². The van der Waals surface area contributed by atoms with Gasteiger partial charge in [0.1, 0.15) is 17.3 Å². The van der Waals surface area contributed by atoms with Crippen LogP contribution in [0.5, 0.6) is 0 Å². The highest BCUT2D eigenvalue weighted by molar-refractivity contribution is 5.93. The number of anilines is 2. The molecule has 144 valence electrons. The summed E-state index contributed by atoms with van der Waals surface area (Å²) in [5.74, 6) is 1.47. The molecule has 1 aliphatic rings. The Morgan fingerprint density at radius 3 is 2.37 bits per heavy atom. The molecule has 1 aromatic carbocycles. The van der Waals surface area contributed by atoms with Crippen LogP contribution in [0.4, 0.5) is 11.5 Å². The summed E-state index contributed by atoms with van der Waals surface area (Å²) in [6.45, 7) is 12.9. The number of aromatic nitrogens is 2. The van der Waals surface area contributed by atoms with Crippen molar-refractivity contribution < 1.29 is 4.79 Å². The fourth-order valence-corrected chi connectivity index (χ4v) is 3.53. The minimum absolute atomic E-state index is 0.00204. The summed E-state index contributed by atoms with van der Waals surface area (Å²) in [6, 6.07) is 10.3. The van der Waals surface area contributed by atoms with Crippen molar-refractivity contribution in [2.75, 3.05) is 49.1 Å². The largest absolute Gasteiger partial charge is 0.368 e. The van der Waals surface area contributed by atoms with Crippen molar-refractivity contribution in [3.05, 3.63) is 47.4 Å². The number of aryl methyl sites for hydroxylation is 2. The molecular formula is C21H29N5O. The molecule has 3 rings (SSSR count). The Labute approximate surface area is 161 Å². The zero-order valence-electron chi connectivity index (χ0n) is 16.8. The molecular weight excluding hydrogens is 338 g/mol. The Morgan fingerprint density at radius 2 is 1.74 bits per heavy atom. The summed E-state index contributed by atoms with van der Waals surface area (Å²) in [6.07, 6.45) is 0. The van der Waals surface area contributed by atoms with Gasteiger partial charge in [0.05, 0.1) is 0 Å². The Hall–Kier alpha value is -2.63. The average Bonchev–Trinajstić information content (AvgIpc) is 2.68. The maximum Gasteiger partial charge on any atom is 0.272 e. The highest BCUT2D eigenvalue weighted by Crippen LogP contribution is 2.19. The number of amides is 1. The molecule has 1 aliphatic heterocycles. The van der Waals surface area contributed by atoms with E-state index in [1.807, 2.05) is 17.9 Å². The van der Waals surface area contributed by atoms with E-state index in [9.17, 15) is 4.79 Å². The van der Waals surface area contributed by atoms with Crippen LogP contribution in [-0.4, -0.2) is 60.0 Å². The maximum absolute atomic E-state index is 13.0. The van der Waals surface area contributed by atoms with Crippen molar-refractivity contribution in [1.82, 2.24) is 14.9 Å². The maximum atomic E-state index is 13.0. The van der Waals surface area contributed by atoms with E-state index >= 15 is 0 Å². The first-order valence-corrected chi connectivity index (χ1v) is 9.73. The van der Waals surface area contributed by atoms with Crippen molar-refractivity contribution in [3.63, 3.8) is 0 Å². The molecule has 0 N–H and O–H groups in total. The number of nitrogens with zero attached hydrogens (tertiary/aromatic N) is 5. The molecule has 2 heterocycles. The number of carbonyl (C=O) groups excluding carboxylic acids is 1. The molecule has 2 aromatic rings. The van der Waals surface area contributed by atoms with Crippen LogP contribution < -0.4 is 9.80 Å². The van der Waals surface area contributed by atoms with Gasteiger partial charge in [-0.1, -0.05) is 12.1 Å². The third-order valence-corrected chi connectivity index (χ3v) is 5.06. The fourth-order valence-electron chi connectivity index (χ4n) is 3.53. The number of carbonyl (C=O) groups is 1. The molecule has 27 heavy (non-hydrogen) atoms. The third kappa shape index (κ3) is 4.38. The lowest BCUT2D eigenvalue weighted by Gasteiger charge is -2.36. The van der Waals surface area contributed by atoms with Gasteiger partial charge in [0, 0.05) is 51.0 Å². The molecule has 0 radical (unpaired) electrons. The van der Waals surface area contributed by atoms with E-state index in [0.29, 0.717) is 24.6 Å². The van der Waals surface area contributed by atoms with E-state index in [0.717, 1.165) is 32.0 Å². The third-order valence-electron chi connectivity index (χ3n) is 5.06. The standard InChI is InChI=1S/C21H29N5O/c1-5-24(6-2)20-15-19(22-17(4)23-20)21(27)26-12-10-25(11-13-26)18-9-7-8-16(3)14-18/h7-9,14-15H,5-6,10-13H2,1-4H3. The lowest BCUT2D eigenvalue weighted by Crippen LogP contribution is -2.49. The van der Waals surface area contributed by atoms with E-state index in [4.69, 9.17) is 0 Å². The van der Waals surface area contributed by atoms with Gasteiger partial charge in [-0.2, -0.15) is 0 Å². The molecule has 0 aliphatic carbocycles. The zero-order chi connectivity index (χ0) is 19.4. The first kappa shape index (κ1) is 19.1. The van der Waals surface area contributed by atoms with Crippen molar-refractivity contribution in [3.8, 4) is 0 Å². The zero-order valence-corrected chi connectivity index (χ0v) is 16.8. The van der Waals surface area contributed by atoms with Crippen LogP contribution in [0.15, 0.2) is 30.3 Å². The summed E-state index contributed by atoms with van der Waals surface area (Å²) < 4.78 is 0. The van der Waals surface area contributed by atoms with Gasteiger partial charge in [-0.15, -0.1) is 0 Å². The van der Waals surface area contributed by atoms with Crippen LogP contribution in [0.3, 0.4) is 0 Å². The predicted octanol–water partition coefficient (Wildman–Crippen LogP) is 2.90. The number of benzene rings is 1. The normalized spacial score (nSPS) is 14.4. The summed E-state index contributed by atoms with van der Waals surface area (Å²) in [5.41, 5.74) is 2.98. The first-order valence-electron chi connectivity index (χ1n) is 9.73. The van der Waals surface area contributed by atoms with E-state index < -0.39 is 0 Å². The monoisotopic (exact) mass is 367 g/mol. The number of hydrogen-bond acceptors (Lipinski definition) is 5. The molecule has 1 fully saturated rings.